The number of nitrogens with one attached hydrogen (secondary N) is 1. The average Bonchev–Trinajstić information content (AvgIpc) is 2.63. The molecule has 6 nitrogen and oxygen atoms in total. The summed E-state index contributed by atoms with van der Waals surface area (Å²) in [5, 5.41) is 3.17. The zero-order chi connectivity index (χ0) is 14.5. The van der Waals surface area contributed by atoms with Gasteiger partial charge in [-0.3, -0.25) is 4.79 Å². The quantitative estimate of drug-likeness (QED) is 0.711. The van der Waals surface area contributed by atoms with Crippen molar-refractivity contribution >= 4 is 11.6 Å². The van der Waals surface area contributed by atoms with Gasteiger partial charge in [-0.05, 0) is 31.5 Å². The maximum absolute atomic E-state index is 11.7. The molecule has 1 amide bonds. The molecular formula is C14H15N3O3. The SMILES string of the molecule is CC1=C[C@]2(Nc3cc(C)ccc3O2)C(C(N)=O)=C(N)O1. The van der Waals surface area contributed by atoms with E-state index in [0.717, 1.165) is 11.3 Å². The average molecular weight is 273 g/mol. The predicted octanol–water partition coefficient (Wildman–Crippen LogP) is 1.09. The molecule has 2 heterocycles. The molecule has 0 aromatic heterocycles. The Hall–Kier alpha value is -2.63. The number of carbonyl (C=O) groups excluding carboxylic acids is 1. The van der Waals surface area contributed by atoms with Gasteiger partial charge in [0.05, 0.1) is 5.69 Å². The number of aryl methyl sites for hydroxylation is 1. The molecule has 20 heavy (non-hydrogen) atoms. The zero-order valence-corrected chi connectivity index (χ0v) is 11.2. The van der Waals surface area contributed by atoms with Crippen LogP contribution in [0.2, 0.25) is 0 Å². The van der Waals surface area contributed by atoms with Gasteiger partial charge in [-0.1, -0.05) is 6.07 Å². The molecule has 0 saturated heterocycles. The van der Waals surface area contributed by atoms with E-state index in [4.69, 9.17) is 20.9 Å². The van der Waals surface area contributed by atoms with E-state index < -0.39 is 11.6 Å². The van der Waals surface area contributed by atoms with Crippen molar-refractivity contribution < 1.29 is 14.3 Å². The van der Waals surface area contributed by atoms with E-state index in [9.17, 15) is 4.79 Å². The molecule has 0 radical (unpaired) electrons. The second-order valence-corrected chi connectivity index (χ2v) is 4.92. The molecule has 6 heteroatoms. The highest BCUT2D eigenvalue weighted by Gasteiger charge is 2.48. The lowest BCUT2D eigenvalue weighted by atomic mass is 9.99. The normalized spacial score (nSPS) is 23.6. The highest BCUT2D eigenvalue weighted by molar-refractivity contribution is 5.97. The van der Waals surface area contributed by atoms with E-state index in [-0.39, 0.29) is 11.5 Å². The summed E-state index contributed by atoms with van der Waals surface area (Å²) in [6.07, 6.45) is 1.65. The minimum Gasteiger partial charge on any atom is -0.457 e. The largest absolute Gasteiger partial charge is 0.457 e. The summed E-state index contributed by atoms with van der Waals surface area (Å²) in [6, 6.07) is 5.68. The van der Waals surface area contributed by atoms with Gasteiger partial charge >= 0.3 is 0 Å². The second kappa shape index (κ2) is 3.93. The molecule has 1 aromatic rings. The van der Waals surface area contributed by atoms with E-state index in [0.29, 0.717) is 11.5 Å². The Morgan fingerprint density at radius 3 is 2.80 bits per heavy atom. The maximum Gasteiger partial charge on any atom is 0.256 e. The summed E-state index contributed by atoms with van der Waals surface area (Å²) < 4.78 is 11.2. The summed E-state index contributed by atoms with van der Waals surface area (Å²) in [4.78, 5) is 11.7. The molecule has 5 N–H and O–H groups in total. The van der Waals surface area contributed by atoms with E-state index >= 15 is 0 Å². The molecule has 1 atom stereocenters. The van der Waals surface area contributed by atoms with Crippen LogP contribution in [0, 0.1) is 6.92 Å². The van der Waals surface area contributed by atoms with Gasteiger partial charge in [0.25, 0.3) is 5.91 Å². The van der Waals surface area contributed by atoms with Crippen molar-refractivity contribution in [2.75, 3.05) is 5.32 Å². The van der Waals surface area contributed by atoms with Gasteiger partial charge in [-0.2, -0.15) is 0 Å². The fraction of sp³-hybridized carbons (Fsp3) is 0.214. The molecule has 0 aliphatic carbocycles. The molecule has 2 aliphatic rings. The lowest BCUT2D eigenvalue weighted by Gasteiger charge is -2.31. The van der Waals surface area contributed by atoms with Gasteiger partial charge < -0.3 is 26.3 Å². The second-order valence-electron chi connectivity index (χ2n) is 4.92. The molecule has 0 bridgehead atoms. The third kappa shape index (κ3) is 1.69. The van der Waals surface area contributed by atoms with Crippen molar-refractivity contribution in [2.24, 2.45) is 11.5 Å². The van der Waals surface area contributed by atoms with Crippen LogP contribution in [0.4, 0.5) is 5.69 Å². The summed E-state index contributed by atoms with van der Waals surface area (Å²) >= 11 is 0. The number of amides is 1. The topological polar surface area (TPSA) is 99.6 Å². The number of hydrogen-bond donors (Lipinski definition) is 3. The van der Waals surface area contributed by atoms with Crippen molar-refractivity contribution in [3.8, 4) is 5.75 Å². The summed E-state index contributed by atoms with van der Waals surface area (Å²) in [7, 11) is 0. The number of nitrogens with two attached hydrogens (primary N) is 2. The van der Waals surface area contributed by atoms with Gasteiger partial charge in [0, 0.05) is 6.08 Å². The Balaban J connectivity index is 2.13. The minimum atomic E-state index is -1.20. The van der Waals surface area contributed by atoms with Gasteiger partial charge in [-0.25, -0.2) is 0 Å². The number of carbonyl (C=O) groups is 1. The number of benzene rings is 1. The Labute approximate surface area is 116 Å². The Bertz CT molecular complexity index is 678. The smallest absolute Gasteiger partial charge is 0.256 e. The van der Waals surface area contributed by atoms with Crippen molar-refractivity contribution in [3.63, 3.8) is 0 Å². The van der Waals surface area contributed by atoms with E-state index in [1.165, 1.54) is 0 Å². The lowest BCUT2D eigenvalue weighted by molar-refractivity contribution is -0.116. The predicted molar refractivity (Wildman–Crippen MR) is 73.4 cm³/mol. The van der Waals surface area contributed by atoms with Crippen molar-refractivity contribution in [1.82, 2.24) is 0 Å². The van der Waals surface area contributed by atoms with Crippen LogP contribution in [0.5, 0.6) is 5.75 Å². The molecule has 3 rings (SSSR count). The summed E-state index contributed by atoms with van der Waals surface area (Å²) in [5.41, 5.74) is 11.9. The van der Waals surface area contributed by atoms with Crippen molar-refractivity contribution in [1.29, 1.82) is 0 Å². The number of hydrogen-bond acceptors (Lipinski definition) is 5. The van der Waals surface area contributed by atoms with Crippen LogP contribution in [0.25, 0.3) is 0 Å². The fourth-order valence-electron chi connectivity index (χ4n) is 2.51. The van der Waals surface area contributed by atoms with Crippen molar-refractivity contribution in [3.05, 3.63) is 47.1 Å². The zero-order valence-electron chi connectivity index (χ0n) is 11.2. The van der Waals surface area contributed by atoms with Crippen LogP contribution in [-0.2, 0) is 9.53 Å². The molecule has 0 unspecified atom stereocenters. The van der Waals surface area contributed by atoms with Crippen molar-refractivity contribution in [2.45, 2.75) is 19.6 Å². The summed E-state index contributed by atoms with van der Waals surface area (Å²) in [5.74, 6) is 0.426. The van der Waals surface area contributed by atoms with Gasteiger partial charge in [0.2, 0.25) is 11.6 Å². The first-order valence-corrected chi connectivity index (χ1v) is 6.16. The van der Waals surface area contributed by atoms with E-state index in [2.05, 4.69) is 5.32 Å². The molecule has 1 spiro atoms. The van der Waals surface area contributed by atoms with Crippen LogP contribution in [0.3, 0.4) is 0 Å². The number of primary amides is 1. The fourth-order valence-corrected chi connectivity index (χ4v) is 2.51. The molecule has 2 aliphatic heterocycles. The minimum absolute atomic E-state index is 0.0467. The van der Waals surface area contributed by atoms with Crippen LogP contribution >= 0.6 is 0 Å². The van der Waals surface area contributed by atoms with Gasteiger partial charge in [0.15, 0.2) is 0 Å². The van der Waals surface area contributed by atoms with Crippen LogP contribution in [0.1, 0.15) is 12.5 Å². The first kappa shape index (κ1) is 12.4. The third-order valence-corrected chi connectivity index (χ3v) is 3.27. The number of allylic oxidation sites excluding steroid dienone is 1. The third-order valence-electron chi connectivity index (χ3n) is 3.27. The maximum atomic E-state index is 11.7. The number of rotatable bonds is 1. The standard InChI is InChI=1S/C14H15N3O3/c1-7-3-4-10-9(5-7)17-14(20-10)6-8(2)19-13(16)11(14)12(15)18/h3-6,17H,16H2,1-2H3,(H2,15,18)/t14-/m1/s1. The number of ether oxygens (including phenoxy) is 2. The highest BCUT2D eigenvalue weighted by atomic mass is 16.5. The Morgan fingerprint density at radius 1 is 1.35 bits per heavy atom. The highest BCUT2D eigenvalue weighted by Crippen LogP contribution is 2.43. The van der Waals surface area contributed by atoms with Crippen LogP contribution in [-0.4, -0.2) is 11.6 Å². The lowest BCUT2D eigenvalue weighted by Crippen LogP contribution is -2.48. The first-order valence-electron chi connectivity index (χ1n) is 6.16. The number of anilines is 1. The molecule has 104 valence electrons. The van der Waals surface area contributed by atoms with Crippen LogP contribution < -0.4 is 21.5 Å². The van der Waals surface area contributed by atoms with Gasteiger partial charge in [-0.15, -0.1) is 0 Å². The van der Waals surface area contributed by atoms with Crippen LogP contribution in [0.15, 0.2) is 41.5 Å². The number of fused-ring (bicyclic) bond motifs is 1. The summed E-state index contributed by atoms with van der Waals surface area (Å²) in [6.45, 7) is 3.70. The Kier molecular flexibility index (Phi) is 2.44. The van der Waals surface area contributed by atoms with Gasteiger partial charge in [0.1, 0.15) is 17.1 Å². The molecule has 0 saturated carbocycles. The molecule has 0 fully saturated rings. The van der Waals surface area contributed by atoms with E-state index in [1.807, 2.05) is 25.1 Å². The monoisotopic (exact) mass is 273 g/mol. The Morgan fingerprint density at radius 2 is 2.10 bits per heavy atom. The molecular weight excluding hydrogens is 258 g/mol. The first-order chi connectivity index (χ1) is 9.41. The van der Waals surface area contributed by atoms with E-state index in [1.54, 1.807) is 13.0 Å². The molecule has 1 aromatic carbocycles.